The summed E-state index contributed by atoms with van der Waals surface area (Å²) in [5, 5.41) is 2.45. The molecule has 1 aromatic heterocycles. The van der Waals surface area contributed by atoms with Gasteiger partial charge in [-0.15, -0.1) is 0 Å². The van der Waals surface area contributed by atoms with Crippen molar-refractivity contribution in [2.45, 2.75) is 18.6 Å². The molecule has 1 N–H and O–H groups in total. The van der Waals surface area contributed by atoms with Crippen LogP contribution in [-0.2, 0) is 10.9 Å². The monoisotopic (exact) mass is 267 g/mol. The van der Waals surface area contributed by atoms with E-state index in [9.17, 15) is 13.2 Å². The Morgan fingerprint density at radius 2 is 2.24 bits per heavy atom. The van der Waals surface area contributed by atoms with E-state index in [2.05, 4.69) is 15.3 Å². The van der Waals surface area contributed by atoms with Crippen LogP contribution in [0.5, 0.6) is 0 Å². The van der Waals surface area contributed by atoms with E-state index in [1.807, 2.05) is 0 Å². The molecule has 0 saturated carbocycles. The molecular weight excluding hydrogens is 259 g/mol. The molecule has 2 heterocycles. The van der Waals surface area contributed by atoms with Crippen molar-refractivity contribution in [2.75, 3.05) is 18.5 Å². The van der Waals surface area contributed by atoms with E-state index < -0.39 is 11.7 Å². The highest BCUT2D eigenvalue weighted by Crippen LogP contribution is 2.34. The summed E-state index contributed by atoms with van der Waals surface area (Å²) in [5.41, 5.74) is -0.922. The Hall–Kier alpha value is -1.08. The maximum atomic E-state index is 12.7. The Balaban J connectivity index is 2.26. The number of nitrogens with zero attached hydrogens (tertiary/aromatic N) is 2. The number of aromatic nitrogens is 2. The van der Waals surface area contributed by atoms with Gasteiger partial charge in [0.2, 0.25) is 5.28 Å². The van der Waals surface area contributed by atoms with Crippen molar-refractivity contribution in [3.05, 3.63) is 17.0 Å². The summed E-state index contributed by atoms with van der Waals surface area (Å²) in [6.45, 7) is 0.886. The lowest BCUT2D eigenvalue weighted by molar-refractivity contribution is -0.137. The second kappa shape index (κ2) is 4.66. The molecule has 1 atom stereocenters. The van der Waals surface area contributed by atoms with Crippen LogP contribution in [0.3, 0.4) is 0 Å². The Morgan fingerprint density at radius 1 is 1.47 bits per heavy atom. The van der Waals surface area contributed by atoms with E-state index in [4.69, 9.17) is 16.3 Å². The van der Waals surface area contributed by atoms with Crippen molar-refractivity contribution in [3.8, 4) is 0 Å². The molecule has 17 heavy (non-hydrogen) atoms. The van der Waals surface area contributed by atoms with Gasteiger partial charge in [-0.3, -0.25) is 0 Å². The molecule has 1 saturated heterocycles. The quantitative estimate of drug-likeness (QED) is 0.836. The normalized spacial score (nSPS) is 20.6. The van der Waals surface area contributed by atoms with Gasteiger partial charge in [-0.25, -0.2) is 9.97 Å². The van der Waals surface area contributed by atoms with Crippen molar-refractivity contribution >= 4 is 17.4 Å². The highest BCUT2D eigenvalue weighted by molar-refractivity contribution is 6.28. The third-order valence-corrected chi connectivity index (χ3v) is 2.52. The third-order valence-electron chi connectivity index (χ3n) is 2.34. The molecule has 0 spiro atoms. The van der Waals surface area contributed by atoms with Crippen molar-refractivity contribution in [1.29, 1.82) is 0 Å². The first kappa shape index (κ1) is 12.4. The van der Waals surface area contributed by atoms with E-state index in [1.54, 1.807) is 0 Å². The molecular formula is C9H9ClF3N3O. The van der Waals surface area contributed by atoms with Crippen molar-refractivity contribution < 1.29 is 17.9 Å². The number of nitrogens with one attached hydrogen (secondary N) is 1. The number of hydrogen-bond acceptors (Lipinski definition) is 4. The zero-order valence-corrected chi connectivity index (χ0v) is 9.35. The van der Waals surface area contributed by atoms with Gasteiger partial charge in [0.15, 0.2) is 0 Å². The van der Waals surface area contributed by atoms with Crippen LogP contribution in [0.15, 0.2) is 6.20 Å². The molecule has 1 aliphatic heterocycles. The maximum absolute atomic E-state index is 12.7. The van der Waals surface area contributed by atoms with E-state index >= 15 is 0 Å². The highest BCUT2D eigenvalue weighted by atomic mass is 35.5. The van der Waals surface area contributed by atoms with Gasteiger partial charge in [-0.1, -0.05) is 0 Å². The molecule has 4 nitrogen and oxygen atoms in total. The zero-order valence-electron chi connectivity index (χ0n) is 8.59. The van der Waals surface area contributed by atoms with Crippen LogP contribution in [-0.4, -0.2) is 29.2 Å². The molecule has 0 radical (unpaired) electrons. The van der Waals surface area contributed by atoms with Crippen LogP contribution in [0.2, 0.25) is 5.28 Å². The first-order chi connectivity index (χ1) is 7.97. The van der Waals surface area contributed by atoms with Gasteiger partial charge in [-0.2, -0.15) is 13.2 Å². The van der Waals surface area contributed by atoms with Crippen molar-refractivity contribution in [3.63, 3.8) is 0 Å². The molecule has 94 valence electrons. The summed E-state index contributed by atoms with van der Waals surface area (Å²) in [6.07, 6.45) is -3.20. The topological polar surface area (TPSA) is 47.0 Å². The lowest BCUT2D eigenvalue weighted by atomic mass is 10.2. The van der Waals surface area contributed by atoms with E-state index in [-0.39, 0.29) is 17.1 Å². The van der Waals surface area contributed by atoms with Crippen LogP contribution in [0.1, 0.15) is 12.0 Å². The fraction of sp³-hybridized carbons (Fsp3) is 0.556. The number of anilines is 1. The minimum absolute atomic E-state index is 0.179. The second-order valence-corrected chi connectivity index (χ2v) is 3.94. The van der Waals surface area contributed by atoms with Gasteiger partial charge >= 0.3 is 6.18 Å². The standard InChI is InChI=1S/C9H9ClF3N3O/c10-8-14-3-6(9(11,12)13)7(16-8)15-5-1-2-17-4-5/h3,5H,1-2,4H2,(H,14,15,16). The molecule has 8 heteroatoms. The first-order valence-corrected chi connectivity index (χ1v) is 5.28. The molecule has 0 aromatic carbocycles. The van der Waals surface area contributed by atoms with Crippen molar-refractivity contribution in [2.24, 2.45) is 0 Å². The number of halogens is 4. The Kier molecular flexibility index (Phi) is 3.39. The number of rotatable bonds is 2. The maximum Gasteiger partial charge on any atom is 0.421 e. The zero-order chi connectivity index (χ0) is 12.5. The fourth-order valence-corrected chi connectivity index (χ4v) is 1.65. The summed E-state index contributed by atoms with van der Waals surface area (Å²) in [6, 6.07) is -0.179. The largest absolute Gasteiger partial charge is 0.421 e. The molecule has 1 unspecified atom stereocenters. The summed E-state index contributed by atoms with van der Waals surface area (Å²) >= 11 is 5.49. The molecule has 1 aliphatic rings. The Morgan fingerprint density at radius 3 is 2.82 bits per heavy atom. The van der Waals surface area contributed by atoms with Crippen LogP contribution < -0.4 is 5.32 Å². The van der Waals surface area contributed by atoms with E-state index in [1.165, 1.54) is 0 Å². The van der Waals surface area contributed by atoms with Gasteiger partial charge in [0.1, 0.15) is 11.4 Å². The van der Waals surface area contributed by atoms with Crippen LogP contribution in [0.4, 0.5) is 19.0 Å². The molecule has 2 rings (SSSR count). The molecule has 0 bridgehead atoms. The fourth-order valence-electron chi connectivity index (χ4n) is 1.52. The summed E-state index contributed by atoms with van der Waals surface area (Å²) in [4.78, 5) is 6.91. The predicted molar refractivity (Wildman–Crippen MR) is 54.9 cm³/mol. The summed E-state index contributed by atoms with van der Waals surface area (Å²) < 4.78 is 43.0. The molecule has 1 aromatic rings. The van der Waals surface area contributed by atoms with Gasteiger partial charge < -0.3 is 10.1 Å². The highest BCUT2D eigenvalue weighted by Gasteiger charge is 2.36. The predicted octanol–water partition coefficient (Wildman–Crippen LogP) is 2.35. The lowest BCUT2D eigenvalue weighted by Gasteiger charge is -2.16. The van der Waals surface area contributed by atoms with E-state index in [0.717, 1.165) is 0 Å². The van der Waals surface area contributed by atoms with Gasteiger partial charge in [0, 0.05) is 12.8 Å². The number of alkyl halides is 3. The first-order valence-electron chi connectivity index (χ1n) is 4.91. The summed E-state index contributed by atoms with van der Waals surface area (Å²) in [5.74, 6) is -0.298. The van der Waals surface area contributed by atoms with Gasteiger partial charge in [0.25, 0.3) is 0 Å². The van der Waals surface area contributed by atoms with Crippen LogP contribution in [0.25, 0.3) is 0 Å². The van der Waals surface area contributed by atoms with E-state index in [0.29, 0.717) is 25.8 Å². The minimum Gasteiger partial charge on any atom is -0.379 e. The van der Waals surface area contributed by atoms with Gasteiger partial charge in [-0.05, 0) is 18.0 Å². The van der Waals surface area contributed by atoms with Crippen LogP contribution in [0, 0.1) is 0 Å². The molecule has 1 fully saturated rings. The second-order valence-electron chi connectivity index (χ2n) is 3.60. The minimum atomic E-state index is -4.51. The Labute approximate surface area is 100 Å². The average Bonchev–Trinajstić information content (AvgIpc) is 2.68. The summed E-state index contributed by atoms with van der Waals surface area (Å²) in [7, 11) is 0. The number of ether oxygens (including phenoxy) is 1. The van der Waals surface area contributed by atoms with Crippen molar-refractivity contribution in [1.82, 2.24) is 9.97 Å². The average molecular weight is 268 g/mol. The van der Waals surface area contributed by atoms with Gasteiger partial charge in [0.05, 0.1) is 12.6 Å². The molecule has 0 amide bonds. The lowest BCUT2D eigenvalue weighted by Crippen LogP contribution is -2.23. The smallest absolute Gasteiger partial charge is 0.379 e. The Bertz CT molecular complexity index is 407. The molecule has 0 aliphatic carbocycles. The van der Waals surface area contributed by atoms with Crippen LogP contribution >= 0.6 is 11.6 Å². The third kappa shape index (κ3) is 2.98. The number of hydrogen-bond donors (Lipinski definition) is 1. The SMILES string of the molecule is FC(F)(F)c1cnc(Cl)nc1NC1CCOC1.